The molecule has 0 aliphatic carbocycles. The fraction of sp³-hybridized carbons (Fsp3) is 0.333. The normalized spacial score (nSPS) is 20.7. The number of piperidine rings is 1. The molecule has 0 unspecified atom stereocenters. The number of imide groups is 1. The Kier molecular flexibility index (Phi) is 5.45. The highest BCUT2D eigenvalue weighted by Crippen LogP contribution is 2.31. The lowest BCUT2D eigenvalue weighted by atomic mass is 10.1. The molecule has 2 fully saturated rings. The minimum absolute atomic E-state index is 0.0198. The van der Waals surface area contributed by atoms with Crippen LogP contribution in [0, 0.1) is 0 Å². The van der Waals surface area contributed by atoms with Crippen molar-refractivity contribution in [3.05, 3.63) is 71.5 Å². The van der Waals surface area contributed by atoms with Crippen molar-refractivity contribution in [3.63, 3.8) is 0 Å². The number of pyridine rings is 1. The van der Waals surface area contributed by atoms with Gasteiger partial charge < -0.3 is 4.74 Å². The molecule has 8 heteroatoms. The van der Waals surface area contributed by atoms with E-state index in [9.17, 15) is 14.4 Å². The maximum atomic E-state index is 13.0. The van der Waals surface area contributed by atoms with Crippen molar-refractivity contribution in [1.82, 2.24) is 19.9 Å². The summed E-state index contributed by atoms with van der Waals surface area (Å²) < 4.78 is 6.23. The van der Waals surface area contributed by atoms with Crippen LogP contribution in [-0.2, 0) is 22.7 Å². The highest BCUT2D eigenvalue weighted by atomic mass is 16.5. The monoisotopic (exact) mass is 470 g/mol. The van der Waals surface area contributed by atoms with Crippen LogP contribution in [0.15, 0.2) is 54.7 Å². The van der Waals surface area contributed by atoms with E-state index in [1.165, 1.54) is 10.4 Å². The van der Waals surface area contributed by atoms with Gasteiger partial charge in [-0.05, 0) is 42.0 Å². The lowest BCUT2D eigenvalue weighted by molar-refractivity contribution is -0.163. The van der Waals surface area contributed by atoms with Crippen molar-refractivity contribution < 1.29 is 19.1 Å². The van der Waals surface area contributed by atoms with Crippen LogP contribution in [0.2, 0.25) is 0 Å². The van der Waals surface area contributed by atoms with Gasteiger partial charge in [-0.1, -0.05) is 30.3 Å². The number of carbonyl (C=O) groups excluding carboxylic acids is 3. The molecule has 178 valence electrons. The van der Waals surface area contributed by atoms with Crippen LogP contribution in [0.25, 0.3) is 10.8 Å². The fourth-order valence-electron chi connectivity index (χ4n) is 5.18. The Morgan fingerprint density at radius 1 is 0.971 bits per heavy atom. The molecule has 3 aliphatic heterocycles. The first-order valence-electron chi connectivity index (χ1n) is 12.1. The summed E-state index contributed by atoms with van der Waals surface area (Å²) in [6.07, 6.45) is 3.94. The molecule has 4 heterocycles. The summed E-state index contributed by atoms with van der Waals surface area (Å²) in [6, 6.07) is 15.8. The zero-order valence-electron chi connectivity index (χ0n) is 19.4. The third-order valence-corrected chi connectivity index (χ3v) is 6.97. The Hall–Kier alpha value is -3.78. The van der Waals surface area contributed by atoms with Crippen LogP contribution >= 0.6 is 0 Å². The Balaban J connectivity index is 1.10. The van der Waals surface area contributed by atoms with Crippen LogP contribution in [0.3, 0.4) is 0 Å². The molecule has 8 nitrogen and oxygen atoms in total. The van der Waals surface area contributed by atoms with Gasteiger partial charge in [-0.3, -0.25) is 24.3 Å². The summed E-state index contributed by atoms with van der Waals surface area (Å²) in [6.45, 7) is 2.68. The van der Waals surface area contributed by atoms with E-state index in [1.54, 1.807) is 6.07 Å². The van der Waals surface area contributed by atoms with Crippen LogP contribution in [-0.4, -0.2) is 56.8 Å². The summed E-state index contributed by atoms with van der Waals surface area (Å²) in [5, 5.41) is 4.63. The molecule has 2 saturated heterocycles. The van der Waals surface area contributed by atoms with Crippen molar-refractivity contribution in [2.24, 2.45) is 0 Å². The molecule has 0 radical (unpaired) electrons. The zero-order chi connectivity index (χ0) is 23.9. The Morgan fingerprint density at radius 2 is 1.77 bits per heavy atom. The van der Waals surface area contributed by atoms with Crippen LogP contribution in [0.4, 0.5) is 0 Å². The predicted molar refractivity (Wildman–Crippen MR) is 128 cm³/mol. The Bertz CT molecular complexity index is 1320. The second kappa shape index (κ2) is 8.78. The van der Waals surface area contributed by atoms with Gasteiger partial charge in [0.25, 0.3) is 5.91 Å². The lowest BCUT2D eigenvalue weighted by Crippen LogP contribution is -2.51. The van der Waals surface area contributed by atoms with Gasteiger partial charge in [0.15, 0.2) is 0 Å². The standard InChI is InChI=1S/C27H26N4O4/c32-25-6-3-7-26(33)31(25)30-15-20-8-9-22(13-24(20)27(30)34)35-23-10-11-29(17-23)16-21-12-18-4-1-2-5-19(18)14-28-21/h1-2,4-5,8-9,12-14,23H,3,6-7,10-11,15-17H2/t23-/m0/s1. The van der Waals surface area contributed by atoms with E-state index in [-0.39, 0.29) is 43.2 Å². The molecule has 35 heavy (non-hydrogen) atoms. The maximum absolute atomic E-state index is 13.0. The van der Waals surface area contributed by atoms with E-state index < -0.39 is 0 Å². The number of benzene rings is 2. The van der Waals surface area contributed by atoms with Gasteiger partial charge >= 0.3 is 0 Å². The van der Waals surface area contributed by atoms with E-state index in [0.29, 0.717) is 17.7 Å². The summed E-state index contributed by atoms with van der Waals surface area (Å²) in [7, 11) is 0. The first kappa shape index (κ1) is 21.7. The number of ether oxygens (including phenoxy) is 1. The highest BCUT2D eigenvalue weighted by Gasteiger charge is 2.39. The van der Waals surface area contributed by atoms with Gasteiger partial charge in [0.05, 0.1) is 17.8 Å². The molecule has 3 amide bonds. The van der Waals surface area contributed by atoms with Gasteiger partial charge in [-0.2, -0.15) is 5.01 Å². The molecule has 0 spiro atoms. The average molecular weight is 471 g/mol. The molecule has 0 N–H and O–H groups in total. The first-order chi connectivity index (χ1) is 17.0. The number of nitrogens with zero attached hydrogens (tertiary/aromatic N) is 4. The lowest BCUT2D eigenvalue weighted by Gasteiger charge is -2.32. The van der Waals surface area contributed by atoms with Gasteiger partial charge in [0, 0.05) is 44.1 Å². The molecule has 3 aromatic rings. The largest absolute Gasteiger partial charge is 0.489 e. The number of fused-ring (bicyclic) bond motifs is 2. The molecular weight excluding hydrogens is 444 g/mol. The third kappa shape index (κ3) is 4.14. The summed E-state index contributed by atoms with van der Waals surface area (Å²) in [5.41, 5.74) is 2.32. The quantitative estimate of drug-likeness (QED) is 0.532. The maximum Gasteiger partial charge on any atom is 0.273 e. The molecule has 1 atom stereocenters. The van der Waals surface area contributed by atoms with E-state index >= 15 is 0 Å². The number of likely N-dealkylation sites (tertiary alicyclic amines) is 1. The van der Waals surface area contributed by atoms with Gasteiger partial charge in [0.2, 0.25) is 11.8 Å². The summed E-state index contributed by atoms with van der Waals surface area (Å²) in [5.74, 6) is -0.327. The van der Waals surface area contributed by atoms with E-state index in [1.807, 2.05) is 30.5 Å². The number of hydrogen-bond acceptors (Lipinski definition) is 6. The van der Waals surface area contributed by atoms with E-state index in [4.69, 9.17) is 4.74 Å². The van der Waals surface area contributed by atoms with Gasteiger partial charge in [0.1, 0.15) is 11.9 Å². The molecule has 1 aromatic heterocycles. The van der Waals surface area contributed by atoms with Crippen molar-refractivity contribution >= 4 is 28.5 Å². The second-order valence-electron chi connectivity index (χ2n) is 9.42. The van der Waals surface area contributed by atoms with Crippen LogP contribution in [0.5, 0.6) is 5.75 Å². The Labute approximate surface area is 203 Å². The minimum Gasteiger partial charge on any atom is -0.489 e. The summed E-state index contributed by atoms with van der Waals surface area (Å²) >= 11 is 0. The molecule has 0 bridgehead atoms. The number of carbonyl (C=O) groups is 3. The number of rotatable bonds is 5. The van der Waals surface area contributed by atoms with E-state index in [2.05, 4.69) is 28.1 Å². The molecule has 6 rings (SSSR count). The molecular formula is C27H26N4O4. The molecule has 3 aliphatic rings. The summed E-state index contributed by atoms with van der Waals surface area (Å²) in [4.78, 5) is 44.5. The molecule has 2 aromatic carbocycles. The molecule has 0 saturated carbocycles. The van der Waals surface area contributed by atoms with Gasteiger partial charge in [-0.15, -0.1) is 0 Å². The number of hydrogen-bond donors (Lipinski definition) is 0. The SMILES string of the molecule is O=C1c2cc(O[C@H]3CCN(Cc4cc5ccccc5cn4)C3)ccc2CN1N1C(=O)CCCC1=O. The minimum atomic E-state index is -0.329. The predicted octanol–water partition coefficient (Wildman–Crippen LogP) is 3.30. The highest BCUT2D eigenvalue weighted by molar-refractivity contribution is 6.04. The van der Waals surface area contributed by atoms with Crippen molar-refractivity contribution in [3.8, 4) is 5.75 Å². The van der Waals surface area contributed by atoms with Gasteiger partial charge in [-0.25, -0.2) is 5.01 Å². The number of hydrazine groups is 1. The average Bonchev–Trinajstić information content (AvgIpc) is 3.43. The number of aromatic nitrogens is 1. The third-order valence-electron chi connectivity index (χ3n) is 6.97. The van der Waals surface area contributed by atoms with Crippen LogP contribution in [0.1, 0.15) is 47.3 Å². The zero-order valence-corrected chi connectivity index (χ0v) is 19.4. The smallest absolute Gasteiger partial charge is 0.273 e. The fourth-order valence-corrected chi connectivity index (χ4v) is 5.18. The van der Waals surface area contributed by atoms with E-state index in [0.717, 1.165) is 47.7 Å². The topological polar surface area (TPSA) is 83.1 Å². The second-order valence-corrected chi connectivity index (χ2v) is 9.42. The van der Waals surface area contributed by atoms with Crippen molar-refractivity contribution in [2.45, 2.75) is 44.9 Å². The number of amides is 3. The first-order valence-corrected chi connectivity index (χ1v) is 12.1. The van der Waals surface area contributed by atoms with Crippen molar-refractivity contribution in [1.29, 1.82) is 0 Å². The Morgan fingerprint density at radius 3 is 2.60 bits per heavy atom. The van der Waals surface area contributed by atoms with Crippen LogP contribution < -0.4 is 4.74 Å². The van der Waals surface area contributed by atoms with Crippen molar-refractivity contribution in [2.75, 3.05) is 13.1 Å².